The summed E-state index contributed by atoms with van der Waals surface area (Å²) in [5.74, 6) is 0. The van der Waals surface area contributed by atoms with E-state index in [9.17, 15) is 5.21 Å². The maximum atomic E-state index is 9.43. The molecule has 0 aromatic carbocycles. The molecule has 1 atom stereocenters. The molecule has 0 aromatic heterocycles. The van der Waals surface area contributed by atoms with Crippen molar-refractivity contribution >= 4 is 23.3 Å². The molecule has 0 radical (unpaired) electrons. The zero-order chi connectivity index (χ0) is 7.19. The summed E-state index contributed by atoms with van der Waals surface area (Å²) in [4.78, 5) is 3.73. The second kappa shape index (κ2) is 1.60. The van der Waals surface area contributed by atoms with Gasteiger partial charge in [-0.2, -0.15) is 10.2 Å². The molecule has 0 fully saturated rings. The van der Waals surface area contributed by atoms with Crippen LogP contribution in [0.2, 0.25) is 0 Å². The van der Waals surface area contributed by atoms with Crippen molar-refractivity contribution in [1.29, 1.82) is 0 Å². The molecular weight excluding hydrogens is 152 g/mol. The second-order valence-corrected chi connectivity index (χ2v) is 2.96. The fourth-order valence-electron chi connectivity index (χ4n) is 0.778. The zero-order valence-corrected chi connectivity index (χ0v) is 5.75. The van der Waals surface area contributed by atoms with E-state index in [0.717, 1.165) is 0 Å². The van der Waals surface area contributed by atoms with E-state index >= 15 is 0 Å². The Hall–Kier alpha value is -0.850. The van der Waals surface area contributed by atoms with Crippen molar-refractivity contribution in [2.45, 2.75) is 0 Å². The van der Waals surface area contributed by atoms with E-state index in [1.807, 2.05) is 0 Å². The Kier molecular flexibility index (Phi) is 0.942. The van der Waals surface area contributed by atoms with E-state index in [4.69, 9.17) is 5.73 Å². The van der Waals surface area contributed by atoms with E-state index < -0.39 is 4.76 Å². The molecular formula is C4H5N4OS+. The largest absolute Gasteiger partial charge is 0.373 e. The first kappa shape index (κ1) is 5.90. The highest BCUT2D eigenvalue weighted by atomic mass is 32.2. The van der Waals surface area contributed by atoms with E-state index in [-0.39, 0.29) is 0 Å². The Labute approximate surface area is 61.1 Å². The molecule has 2 rings (SSSR count). The van der Waals surface area contributed by atoms with Crippen molar-refractivity contribution in [3.8, 4) is 0 Å². The molecule has 0 bridgehead atoms. The molecule has 2 heterocycles. The molecule has 1 unspecified atom stereocenters. The van der Waals surface area contributed by atoms with E-state index in [1.165, 1.54) is 24.3 Å². The highest BCUT2D eigenvalue weighted by Crippen LogP contribution is 2.34. The standard InChI is InChI=1S/C4H5N4OS/c5-4-7-8(9)2-6-1-3(8)10-4/h1-2,9H,(H2,5,7)/q+1. The Morgan fingerprint density at radius 1 is 1.70 bits per heavy atom. The van der Waals surface area contributed by atoms with Crippen LogP contribution in [0.5, 0.6) is 0 Å². The molecule has 0 aromatic rings. The summed E-state index contributed by atoms with van der Waals surface area (Å²) in [6, 6.07) is 0. The lowest BCUT2D eigenvalue weighted by molar-refractivity contribution is -0.991. The van der Waals surface area contributed by atoms with Crippen molar-refractivity contribution in [2.75, 3.05) is 0 Å². The lowest BCUT2D eigenvalue weighted by atomic mass is 10.9. The lowest BCUT2D eigenvalue weighted by Gasteiger charge is -2.06. The normalized spacial score (nSPS) is 35.7. The van der Waals surface area contributed by atoms with Crippen molar-refractivity contribution in [2.24, 2.45) is 15.8 Å². The SMILES string of the molecule is NC1=N[N+]2(O)C=NC=C2S1. The molecule has 3 N–H and O–H groups in total. The maximum absolute atomic E-state index is 9.43. The van der Waals surface area contributed by atoms with Crippen LogP contribution in [-0.2, 0) is 0 Å². The van der Waals surface area contributed by atoms with Crippen molar-refractivity contribution in [3.63, 3.8) is 0 Å². The maximum Gasteiger partial charge on any atom is 0.260 e. The van der Waals surface area contributed by atoms with Crippen LogP contribution in [0.15, 0.2) is 21.3 Å². The summed E-state index contributed by atoms with van der Waals surface area (Å²) in [5.41, 5.74) is 5.35. The summed E-state index contributed by atoms with van der Waals surface area (Å²) in [5, 5.41) is 14.1. The zero-order valence-electron chi connectivity index (χ0n) is 4.93. The average Bonchev–Trinajstić information content (AvgIpc) is 2.20. The van der Waals surface area contributed by atoms with E-state index in [0.29, 0.717) is 10.2 Å². The number of nitrogens with two attached hydrogens (primary N) is 1. The van der Waals surface area contributed by atoms with Crippen LogP contribution in [-0.4, -0.2) is 21.5 Å². The van der Waals surface area contributed by atoms with E-state index in [1.54, 1.807) is 0 Å². The minimum absolute atomic E-state index is 0.361. The first-order valence-electron chi connectivity index (χ1n) is 2.61. The third kappa shape index (κ3) is 0.605. The Bertz CT molecular complexity index is 270. The minimum Gasteiger partial charge on any atom is -0.373 e. The highest BCUT2D eigenvalue weighted by Gasteiger charge is 2.42. The number of hydroxylamine groups is 2. The Morgan fingerprint density at radius 2 is 2.50 bits per heavy atom. The number of rotatable bonds is 0. The van der Waals surface area contributed by atoms with Gasteiger partial charge in [-0.1, -0.05) is 0 Å². The summed E-state index contributed by atoms with van der Waals surface area (Å²) in [6.45, 7) is 0. The third-order valence-electron chi connectivity index (χ3n) is 1.20. The first-order valence-corrected chi connectivity index (χ1v) is 3.42. The van der Waals surface area contributed by atoms with Crippen LogP contribution < -0.4 is 5.73 Å². The number of hydrogen-bond donors (Lipinski definition) is 2. The van der Waals surface area contributed by atoms with Gasteiger partial charge in [0, 0.05) is 16.5 Å². The van der Waals surface area contributed by atoms with Gasteiger partial charge in [-0.05, 0) is 5.10 Å². The number of fused-ring (bicyclic) bond motifs is 1. The van der Waals surface area contributed by atoms with Crippen LogP contribution in [0.4, 0.5) is 0 Å². The van der Waals surface area contributed by atoms with Crippen molar-refractivity contribution in [3.05, 3.63) is 11.2 Å². The summed E-state index contributed by atoms with van der Waals surface area (Å²) in [7, 11) is 0. The van der Waals surface area contributed by atoms with Gasteiger partial charge in [0.15, 0.2) is 0 Å². The molecule has 10 heavy (non-hydrogen) atoms. The van der Waals surface area contributed by atoms with Gasteiger partial charge in [-0.25, -0.2) is 0 Å². The van der Waals surface area contributed by atoms with Gasteiger partial charge < -0.3 is 5.73 Å². The van der Waals surface area contributed by atoms with Gasteiger partial charge in [-0.15, -0.1) is 0 Å². The number of quaternary nitrogens is 1. The fraction of sp³-hybridized carbons (Fsp3) is 0. The predicted octanol–water partition coefficient (Wildman–Crippen LogP) is 0.00970. The quantitative estimate of drug-likeness (QED) is 0.486. The molecule has 2 aliphatic rings. The molecule has 2 aliphatic heterocycles. The second-order valence-electron chi connectivity index (χ2n) is 1.92. The molecule has 0 aliphatic carbocycles. The number of thioether (sulfide) groups is 1. The number of nitrogens with zero attached hydrogens (tertiary/aromatic N) is 3. The summed E-state index contributed by atoms with van der Waals surface area (Å²) < 4.78 is -0.601. The van der Waals surface area contributed by atoms with Gasteiger partial charge >= 0.3 is 0 Å². The summed E-state index contributed by atoms with van der Waals surface area (Å²) >= 11 is 1.22. The van der Waals surface area contributed by atoms with Crippen molar-refractivity contribution in [1.82, 2.24) is 0 Å². The predicted molar refractivity (Wildman–Crippen MR) is 37.8 cm³/mol. The van der Waals surface area contributed by atoms with Gasteiger partial charge in [0.2, 0.25) is 5.17 Å². The van der Waals surface area contributed by atoms with Crippen LogP contribution >= 0.6 is 11.8 Å². The fourth-order valence-corrected chi connectivity index (χ4v) is 1.49. The molecule has 0 amide bonds. The summed E-state index contributed by atoms with van der Waals surface area (Å²) in [6.07, 6.45) is 2.84. The van der Waals surface area contributed by atoms with Crippen molar-refractivity contribution < 1.29 is 9.96 Å². The topological polar surface area (TPSA) is 71.0 Å². The van der Waals surface area contributed by atoms with Gasteiger partial charge in [-0.3, -0.25) is 0 Å². The lowest BCUT2D eigenvalue weighted by Crippen LogP contribution is -2.30. The monoisotopic (exact) mass is 157 g/mol. The van der Waals surface area contributed by atoms with Gasteiger partial charge in [0.25, 0.3) is 11.4 Å². The van der Waals surface area contributed by atoms with Crippen LogP contribution in [0, 0.1) is 0 Å². The molecule has 52 valence electrons. The van der Waals surface area contributed by atoms with Crippen LogP contribution in [0.1, 0.15) is 0 Å². The molecule has 0 saturated carbocycles. The Morgan fingerprint density at radius 3 is 3.20 bits per heavy atom. The average molecular weight is 157 g/mol. The smallest absolute Gasteiger partial charge is 0.260 e. The van der Waals surface area contributed by atoms with Crippen LogP contribution in [0.3, 0.4) is 0 Å². The number of aliphatic imine (C=N–C) groups is 1. The molecule has 5 nitrogen and oxygen atoms in total. The highest BCUT2D eigenvalue weighted by molar-refractivity contribution is 8.17. The van der Waals surface area contributed by atoms with Crippen LogP contribution in [0.25, 0.3) is 0 Å². The molecule has 6 heteroatoms. The van der Waals surface area contributed by atoms with Gasteiger partial charge in [0.1, 0.15) is 6.20 Å². The van der Waals surface area contributed by atoms with E-state index in [2.05, 4.69) is 10.1 Å². The third-order valence-corrected chi connectivity index (χ3v) is 2.07. The molecule has 0 spiro atoms. The number of amidine groups is 1. The van der Waals surface area contributed by atoms with Gasteiger partial charge in [0.05, 0.1) is 0 Å². The number of hydrogen-bond acceptors (Lipinski definition) is 5. The molecule has 0 saturated heterocycles. The first-order chi connectivity index (χ1) is 4.71. The minimum atomic E-state index is -0.601. The Balaban J connectivity index is 2.47.